The fourth-order valence-electron chi connectivity index (χ4n) is 1.29. The third kappa shape index (κ3) is 5.29. The van der Waals surface area contributed by atoms with E-state index >= 15 is 0 Å². The van der Waals surface area contributed by atoms with E-state index in [9.17, 15) is 9.59 Å². The molecule has 0 saturated carbocycles. The lowest BCUT2D eigenvalue weighted by atomic mass is 10.3. The van der Waals surface area contributed by atoms with Gasteiger partial charge in [-0.05, 0) is 12.1 Å². The SMILES string of the molecule is CN(C)C(=O)CNC(=O)CCOc1ccccc1N. The zero-order valence-corrected chi connectivity index (χ0v) is 11.2. The minimum absolute atomic E-state index is 0.000685. The van der Waals surface area contributed by atoms with E-state index < -0.39 is 0 Å². The van der Waals surface area contributed by atoms with Crippen LogP contribution in [0, 0.1) is 0 Å². The van der Waals surface area contributed by atoms with Crippen molar-refractivity contribution >= 4 is 17.5 Å². The van der Waals surface area contributed by atoms with Crippen LogP contribution in [0.4, 0.5) is 5.69 Å². The Bertz CT molecular complexity index is 447. The topological polar surface area (TPSA) is 84.7 Å². The van der Waals surface area contributed by atoms with Crippen LogP contribution < -0.4 is 15.8 Å². The summed E-state index contributed by atoms with van der Waals surface area (Å²) in [5.41, 5.74) is 6.23. The number of ether oxygens (including phenoxy) is 1. The molecule has 0 spiro atoms. The molecular formula is C13H19N3O3. The number of nitrogens with two attached hydrogens (primary N) is 1. The van der Waals surface area contributed by atoms with E-state index in [1.165, 1.54) is 4.90 Å². The summed E-state index contributed by atoms with van der Waals surface area (Å²) >= 11 is 0. The lowest BCUT2D eigenvalue weighted by Gasteiger charge is -2.11. The van der Waals surface area contributed by atoms with Gasteiger partial charge in [0.25, 0.3) is 0 Å². The number of nitrogens with one attached hydrogen (secondary N) is 1. The molecule has 104 valence electrons. The van der Waals surface area contributed by atoms with Crippen LogP contribution in [-0.2, 0) is 9.59 Å². The van der Waals surface area contributed by atoms with E-state index in [4.69, 9.17) is 10.5 Å². The molecule has 0 aliphatic carbocycles. The van der Waals surface area contributed by atoms with Crippen LogP contribution in [0.3, 0.4) is 0 Å². The van der Waals surface area contributed by atoms with Crippen LogP contribution in [0.2, 0.25) is 0 Å². The van der Waals surface area contributed by atoms with Gasteiger partial charge in [0.2, 0.25) is 11.8 Å². The van der Waals surface area contributed by atoms with Gasteiger partial charge in [-0.3, -0.25) is 9.59 Å². The Morgan fingerprint density at radius 2 is 2.00 bits per heavy atom. The number of para-hydroxylation sites is 2. The number of likely N-dealkylation sites (N-methyl/N-ethyl adjacent to an activating group) is 1. The molecule has 0 aliphatic heterocycles. The average molecular weight is 265 g/mol. The maximum Gasteiger partial charge on any atom is 0.241 e. The molecule has 0 atom stereocenters. The third-order valence-electron chi connectivity index (χ3n) is 2.44. The van der Waals surface area contributed by atoms with Gasteiger partial charge in [-0.15, -0.1) is 0 Å². The van der Waals surface area contributed by atoms with Crippen molar-refractivity contribution in [2.24, 2.45) is 0 Å². The summed E-state index contributed by atoms with van der Waals surface area (Å²) < 4.78 is 5.38. The van der Waals surface area contributed by atoms with Gasteiger partial charge < -0.3 is 20.7 Å². The molecule has 2 amide bonds. The van der Waals surface area contributed by atoms with Crippen LogP contribution in [0.5, 0.6) is 5.75 Å². The fourth-order valence-corrected chi connectivity index (χ4v) is 1.29. The molecule has 0 aromatic heterocycles. The first-order valence-electron chi connectivity index (χ1n) is 5.95. The van der Waals surface area contributed by atoms with Crippen LogP contribution in [0.1, 0.15) is 6.42 Å². The first-order chi connectivity index (χ1) is 9.00. The van der Waals surface area contributed by atoms with Gasteiger partial charge in [-0.1, -0.05) is 12.1 Å². The van der Waals surface area contributed by atoms with Gasteiger partial charge in [-0.2, -0.15) is 0 Å². The summed E-state index contributed by atoms with van der Waals surface area (Å²) in [5.74, 6) is 0.172. The maximum atomic E-state index is 11.5. The van der Waals surface area contributed by atoms with Crippen LogP contribution in [0.15, 0.2) is 24.3 Å². The molecule has 0 bridgehead atoms. The summed E-state index contributed by atoms with van der Waals surface area (Å²) in [7, 11) is 3.27. The van der Waals surface area contributed by atoms with Crippen molar-refractivity contribution in [2.75, 3.05) is 33.0 Å². The van der Waals surface area contributed by atoms with Crippen molar-refractivity contribution in [1.29, 1.82) is 0 Å². The van der Waals surface area contributed by atoms with E-state index in [1.807, 2.05) is 12.1 Å². The number of hydrogen-bond donors (Lipinski definition) is 2. The third-order valence-corrected chi connectivity index (χ3v) is 2.44. The van der Waals surface area contributed by atoms with Gasteiger partial charge >= 0.3 is 0 Å². The largest absolute Gasteiger partial charge is 0.491 e. The van der Waals surface area contributed by atoms with Crippen molar-refractivity contribution < 1.29 is 14.3 Å². The normalized spacial score (nSPS) is 9.79. The molecule has 0 unspecified atom stereocenters. The van der Waals surface area contributed by atoms with Crippen LogP contribution in [0.25, 0.3) is 0 Å². The van der Waals surface area contributed by atoms with E-state index in [0.29, 0.717) is 11.4 Å². The molecule has 0 radical (unpaired) electrons. The van der Waals surface area contributed by atoms with Gasteiger partial charge in [0, 0.05) is 14.1 Å². The molecule has 6 heteroatoms. The summed E-state index contributed by atoms with van der Waals surface area (Å²) in [5, 5.41) is 2.52. The monoisotopic (exact) mass is 265 g/mol. The van der Waals surface area contributed by atoms with Crippen LogP contribution in [-0.4, -0.2) is 44.0 Å². The smallest absolute Gasteiger partial charge is 0.241 e. The van der Waals surface area contributed by atoms with Crippen molar-refractivity contribution in [1.82, 2.24) is 10.2 Å². The molecule has 1 aromatic carbocycles. The van der Waals surface area contributed by atoms with Gasteiger partial charge in [0.1, 0.15) is 5.75 Å². The zero-order chi connectivity index (χ0) is 14.3. The standard InChI is InChI=1S/C13H19N3O3/c1-16(2)13(18)9-15-12(17)7-8-19-11-6-4-3-5-10(11)14/h3-6H,7-9,14H2,1-2H3,(H,15,17). The van der Waals surface area contributed by atoms with Gasteiger partial charge in [0.05, 0.1) is 25.3 Å². The molecule has 6 nitrogen and oxygen atoms in total. The number of carbonyl (C=O) groups is 2. The second-order valence-corrected chi connectivity index (χ2v) is 4.20. The number of nitrogen functional groups attached to an aromatic ring is 1. The Kier molecular flexibility index (Phi) is 5.66. The molecule has 0 saturated heterocycles. The molecule has 3 N–H and O–H groups in total. The van der Waals surface area contributed by atoms with Crippen molar-refractivity contribution in [3.8, 4) is 5.75 Å². The lowest BCUT2D eigenvalue weighted by Crippen LogP contribution is -2.36. The summed E-state index contributed by atoms with van der Waals surface area (Å²) in [6, 6.07) is 7.08. The molecule has 19 heavy (non-hydrogen) atoms. The Hall–Kier alpha value is -2.24. The number of rotatable bonds is 6. The summed E-state index contributed by atoms with van der Waals surface area (Å²) in [6.45, 7) is 0.218. The Morgan fingerprint density at radius 3 is 2.63 bits per heavy atom. The number of anilines is 1. The fraction of sp³-hybridized carbons (Fsp3) is 0.385. The minimum Gasteiger partial charge on any atom is -0.491 e. The molecule has 1 aromatic rings. The number of amides is 2. The van der Waals surface area contributed by atoms with Gasteiger partial charge in [-0.25, -0.2) is 0 Å². The maximum absolute atomic E-state index is 11.5. The molecular weight excluding hydrogens is 246 g/mol. The minimum atomic E-state index is -0.232. The van der Waals surface area contributed by atoms with Gasteiger partial charge in [0.15, 0.2) is 0 Å². The van der Waals surface area contributed by atoms with Crippen molar-refractivity contribution in [3.63, 3.8) is 0 Å². The second-order valence-electron chi connectivity index (χ2n) is 4.20. The lowest BCUT2D eigenvalue weighted by molar-refractivity contribution is -0.131. The predicted molar refractivity (Wildman–Crippen MR) is 72.7 cm³/mol. The second kappa shape index (κ2) is 7.25. The van der Waals surface area contributed by atoms with Crippen molar-refractivity contribution in [3.05, 3.63) is 24.3 Å². The first-order valence-corrected chi connectivity index (χ1v) is 5.95. The van der Waals surface area contributed by atoms with E-state index in [0.717, 1.165) is 0 Å². The van der Waals surface area contributed by atoms with E-state index in [1.54, 1.807) is 26.2 Å². The highest BCUT2D eigenvalue weighted by Gasteiger charge is 2.07. The Morgan fingerprint density at radius 1 is 1.32 bits per heavy atom. The highest BCUT2D eigenvalue weighted by atomic mass is 16.5. The zero-order valence-electron chi connectivity index (χ0n) is 11.2. The average Bonchev–Trinajstić information content (AvgIpc) is 2.38. The number of hydrogen-bond acceptors (Lipinski definition) is 4. The number of benzene rings is 1. The quantitative estimate of drug-likeness (QED) is 0.722. The van der Waals surface area contributed by atoms with Crippen LogP contribution >= 0.6 is 0 Å². The highest BCUT2D eigenvalue weighted by molar-refractivity contribution is 5.84. The predicted octanol–water partition coefficient (Wildman–Crippen LogP) is 0.242. The Balaban J connectivity index is 2.24. The molecule has 0 heterocycles. The highest BCUT2D eigenvalue weighted by Crippen LogP contribution is 2.19. The molecule has 1 rings (SSSR count). The van der Waals surface area contributed by atoms with E-state index in [2.05, 4.69) is 5.32 Å². The van der Waals surface area contributed by atoms with Crippen molar-refractivity contribution in [2.45, 2.75) is 6.42 Å². The first kappa shape index (κ1) is 14.8. The molecule has 0 aliphatic rings. The Labute approximate surface area is 112 Å². The number of carbonyl (C=O) groups excluding carboxylic acids is 2. The van der Waals surface area contributed by atoms with E-state index in [-0.39, 0.29) is 31.4 Å². The summed E-state index contributed by atoms with van der Waals surface area (Å²) in [6.07, 6.45) is 0.176. The molecule has 0 fully saturated rings. The summed E-state index contributed by atoms with van der Waals surface area (Å²) in [4.78, 5) is 24.1. The number of nitrogens with zero attached hydrogens (tertiary/aromatic N) is 1.